The summed E-state index contributed by atoms with van der Waals surface area (Å²) >= 11 is 4.95. The van der Waals surface area contributed by atoms with E-state index in [1.54, 1.807) is 4.90 Å². The molecule has 1 fully saturated rings. The van der Waals surface area contributed by atoms with Crippen LogP contribution in [0.3, 0.4) is 0 Å². The van der Waals surface area contributed by atoms with E-state index in [-0.39, 0.29) is 12.7 Å². The normalized spacial score (nSPS) is 17.6. The molecule has 0 spiro atoms. The van der Waals surface area contributed by atoms with Crippen LogP contribution in [0.5, 0.6) is 11.5 Å². The minimum Gasteiger partial charge on any atom is -0.454 e. The zero-order valence-electron chi connectivity index (χ0n) is 17.5. The van der Waals surface area contributed by atoms with E-state index in [1.165, 1.54) is 11.8 Å². The fourth-order valence-corrected chi connectivity index (χ4v) is 5.03. The highest BCUT2D eigenvalue weighted by atomic mass is 79.9. The average molecular weight is 507 g/mol. The number of thioether (sulfide) groups is 1. The van der Waals surface area contributed by atoms with Gasteiger partial charge in [0, 0.05) is 4.47 Å². The molecule has 2 aliphatic heterocycles. The van der Waals surface area contributed by atoms with E-state index in [9.17, 15) is 4.79 Å². The van der Waals surface area contributed by atoms with E-state index in [0.717, 1.165) is 32.5 Å². The van der Waals surface area contributed by atoms with Gasteiger partial charge in [0.1, 0.15) is 0 Å². The Morgan fingerprint density at radius 1 is 1.00 bits per heavy atom. The summed E-state index contributed by atoms with van der Waals surface area (Å²) in [6.07, 6.45) is 1.86. The molecular formula is C25H19BrN2O3S. The van der Waals surface area contributed by atoms with Crippen LogP contribution >= 0.6 is 27.7 Å². The van der Waals surface area contributed by atoms with Crippen molar-refractivity contribution in [3.63, 3.8) is 0 Å². The van der Waals surface area contributed by atoms with E-state index in [0.29, 0.717) is 21.6 Å². The minimum atomic E-state index is -0.115. The van der Waals surface area contributed by atoms with Crippen LogP contribution in [-0.4, -0.2) is 17.9 Å². The van der Waals surface area contributed by atoms with Crippen molar-refractivity contribution < 1.29 is 14.3 Å². The molecule has 2 heterocycles. The van der Waals surface area contributed by atoms with E-state index in [4.69, 9.17) is 14.5 Å². The molecule has 0 aliphatic carbocycles. The first kappa shape index (κ1) is 20.8. The van der Waals surface area contributed by atoms with Crippen LogP contribution in [0.1, 0.15) is 16.7 Å². The zero-order valence-corrected chi connectivity index (χ0v) is 19.9. The molecule has 0 saturated carbocycles. The summed E-state index contributed by atoms with van der Waals surface area (Å²) in [6, 6.07) is 19.4. The summed E-state index contributed by atoms with van der Waals surface area (Å²) < 4.78 is 11.8. The van der Waals surface area contributed by atoms with Crippen molar-refractivity contribution in [1.82, 2.24) is 0 Å². The van der Waals surface area contributed by atoms with E-state index in [2.05, 4.69) is 15.9 Å². The standard InChI is InChI=1S/C25H19BrN2O3S/c1-15-7-6-8-16(2)23(15)27-25-28(18-9-4-3-5-10-18)24(29)22(32-25)12-17-11-20-21(13-19(17)26)31-14-30-20/h3-13H,14H2,1-2H3. The Labute approximate surface area is 198 Å². The number of ether oxygens (including phenoxy) is 2. The summed E-state index contributed by atoms with van der Waals surface area (Å²) in [5.74, 6) is 1.24. The third kappa shape index (κ3) is 3.82. The number of amidine groups is 1. The molecule has 0 unspecified atom stereocenters. The second-order valence-electron chi connectivity index (χ2n) is 7.45. The predicted octanol–water partition coefficient (Wildman–Crippen LogP) is 6.60. The van der Waals surface area contributed by atoms with Crippen molar-refractivity contribution in [2.75, 3.05) is 11.7 Å². The van der Waals surface area contributed by atoms with E-state index < -0.39 is 0 Å². The number of hydrogen-bond acceptors (Lipinski definition) is 5. The van der Waals surface area contributed by atoms with Gasteiger partial charge in [-0.1, -0.05) is 52.3 Å². The number of hydrogen-bond donors (Lipinski definition) is 0. The monoisotopic (exact) mass is 506 g/mol. The van der Waals surface area contributed by atoms with Gasteiger partial charge in [0.15, 0.2) is 16.7 Å². The number of halogens is 1. The molecule has 0 aromatic heterocycles. The number of amides is 1. The number of carbonyl (C=O) groups is 1. The first-order valence-electron chi connectivity index (χ1n) is 10.0. The van der Waals surface area contributed by atoms with Crippen molar-refractivity contribution in [3.8, 4) is 11.5 Å². The molecule has 0 bridgehead atoms. The summed E-state index contributed by atoms with van der Waals surface area (Å²) in [5, 5.41) is 0.627. The lowest BCUT2D eigenvalue weighted by Gasteiger charge is -2.16. The average Bonchev–Trinajstić information content (AvgIpc) is 3.35. The predicted molar refractivity (Wildman–Crippen MR) is 133 cm³/mol. The van der Waals surface area contributed by atoms with Gasteiger partial charge >= 0.3 is 0 Å². The van der Waals surface area contributed by atoms with Gasteiger partial charge < -0.3 is 9.47 Å². The maximum atomic E-state index is 13.5. The fourth-order valence-electron chi connectivity index (χ4n) is 3.62. The molecular weight excluding hydrogens is 488 g/mol. The maximum absolute atomic E-state index is 13.5. The van der Waals surface area contributed by atoms with Crippen LogP contribution in [0.2, 0.25) is 0 Å². The lowest BCUT2D eigenvalue weighted by atomic mass is 10.1. The Kier molecular flexibility index (Phi) is 5.53. The third-order valence-electron chi connectivity index (χ3n) is 5.25. The number of rotatable bonds is 3. The molecule has 160 valence electrons. The van der Waals surface area contributed by atoms with Gasteiger partial charge in [-0.2, -0.15) is 0 Å². The van der Waals surface area contributed by atoms with Crippen molar-refractivity contribution >= 4 is 56.2 Å². The second-order valence-corrected chi connectivity index (χ2v) is 9.31. The Bertz CT molecular complexity index is 1270. The maximum Gasteiger partial charge on any atom is 0.271 e. The Balaban J connectivity index is 1.61. The SMILES string of the molecule is Cc1cccc(C)c1N=C1SC(=Cc2cc3c(cc2Br)OCO3)C(=O)N1c1ccccc1. The molecule has 0 radical (unpaired) electrons. The smallest absolute Gasteiger partial charge is 0.271 e. The van der Waals surface area contributed by atoms with Crippen LogP contribution in [-0.2, 0) is 4.79 Å². The first-order valence-corrected chi connectivity index (χ1v) is 11.7. The Morgan fingerprint density at radius 3 is 2.41 bits per heavy atom. The van der Waals surface area contributed by atoms with E-state index in [1.807, 2.05) is 80.6 Å². The van der Waals surface area contributed by atoms with Crippen molar-refractivity contribution in [2.45, 2.75) is 13.8 Å². The van der Waals surface area contributed by atoms with Crippen molar-refractivity contribution in [1.29, 1.82) is 0 Å². The topological polar surface area (TPSA) is 51.1 Å². The number of benzene rings is 3. The highest BCUT2D eigenvalue weighted by Crippen LogP contribution is 2.41. The number of fused-ring (bicyclic) bond motifs is 1. The molecule has 5 rings (SSSR count). The van der Waals surface area contributed by atoms with Gasteiger partial charge in [-0.05, 0) is 72.6 Å². The summed E-state index contributed by atoms with van der Waals surface area (Å²) in [5.41, 5.74) is 4.63. The lowest BCUT2D eigenvalue weighted by molar-refractivity contribution is -0.113. The summed E-state index contributed by atoms with van der Waals surface area (Å²) in [7, 11) is 0. The molecule has 3 aromatic carbocycles. The van der Waals surface area contributed by atoms with Gasteiger partial charge in [-0.15, -0.1) is 0 Å². The van der Waals surface area contributed by atoms with Gasteiger partial charge in [-0.25, -0.2) is 4.99 Å². The number of aliphatic imine (C=N–C) groups is 1. The third-order valence-corrected chi connectivity index (χ3v) is 6.90. The summed E-state index contributed by atoms with van der Waals surface area (Å²) in [6.45, 7) is 4.26. The van der Waals surface area contributed by atoms with Crippen LogP contribution in [0.15, 0.2) is 75.0 Å². The molecule has 7 heteroatoms. The molecule has 5 nitrogen and oxygen atoms in total. The molecule has 1 amide bonds. The molecule has 0 atom stereocenters. The van der Waals surface area contributed by atoms with Gasteiger partial charge in [-0.3, -0.25) is 9.69 Å². The van der Waals surface area contributed by atoms with Crippen LogP contribution in [0.4, 0.5) is 11.4 Å². The van der Waals surface area contributed by atoms with Crippen LogP contribution in [0, 0.1) is 13.8 Å². The summed E-state index contributed by atoms with van der Waals surface area (Å²) in [4.78, 5) is 20.7. The Hall–Kier alpha value is -3.03. The van der Waals surface area contributed by atoms with Crippen LogP contribution in [0.25, 0.3) is 6.08 Å². The largest absolute Gasteiger partial charge is 0.454 e. The molecule has 0 N–H and O–H groups in total. The molecule has 32 heavy (non-hydrogen) atoms. The van der Waals surface area contributed by atoms with E-state index >= 15 is 0 Å². The minimum absolute atomic E-state index is 0.115. The van der Waals surface area contributed by atoms with Gasteiger partial charge in [0.2, 0.25) is 6.79 Å². The fraction of sp³-hybridized carbons (Fsp3) is 0.120. The van der Waals surface area contributed by atoms with Crippen molar-refractivity contribution in [2.24, 2.45) is 4.99 Å². The Morgan fingerprint density at radius 2 is 1.69 bits per heavy atom. The number of para-hydroxylation sites is 2. The quantitative estimate of drug-likeness (QED) is 0.375. The first-order chi connectivity index (χ1) is 15.5. The second kappa shape index (κ2) is 8.48. The highest BCUT2D eigenvalue weighted by Gasteiger charge is 2.35. The molecule has 2 aliphatic rings. The van der Waals surface area contributed by atoms with Crippen LogP contribution < -0.4 is 14.4 Å². The molecule has 3 aromatic rings. The van der Waals surface area contributed by atoms with Crippen molar-refractivity contribution in [3.05, 3.63) is 86.7 Å². The highest BCUT2D eigenvalue weighted by molar-refractivity contribution is 9.10. The zero-order chi connectivity index (χ0) is 22.2. The van der Waals surface area contributed by atoms with Gasteiger partial charge in [0.25, 0.3) is 5.91 Å². The number of nitrogens with zero attached hydrogens (tertiary/aromatic N) is 2. The number of carbonyl (C=O) groups excluding carboxylic acids is 1. The lowest BCUT2D eigenvalue weighted by Crippen LogP contribution is -2.28. The molecule has 1 saturated heterocycles. The number of anilines is 1. The van der Waals surface area contributed by atoms with Gasteiger partial charge in [0.05, 0.1) is 16.3 Å². The number of aryl methyl sites for hydroxylation is 2.